The average molecular weight is 230 g/mol. The Morgan fingerprint density at radius 2 is 1.86 bits per heavy atom. The van der Waals surface area contributed by atoms with E-state index >= 15 is 0 Å². The van der Waals surface area contributed by atoms with Crippen LogP contribution in [0, 0.1) is 11.2 Å². The molecule has 78 valence electrons. The third-order valence-corrected chi connectivity index (χ3v) is 4.26. The SMILES string of the molecule is CC(C)(CS)CSc1ccc(F)cc1. The molecule has 0 atom stereocenters. The van der Waals surface area contributed by atoms with Crippen LogP contribution in [0.1, 0.15) is 13.8 Å². The minimum Gasteiger partial charge on any atom is -0.207 e. The summed E-state index contributed by atoms with van der Waals surface area (Å²) in [7, 11) is 0. The minimum absolute atomic E-state index is 0.178. The lowest BCUT2D eigenvalue weighted by Crippen LogP contribution is -2.16. The molecule has 0 aliphatic rings. The fraction of sp³-hybridized carbons (Fsp3) is 0.455. The van der Waals surface area contributed by atoms with Crippen molar-refractivity contribution in [1.29, 1.82) is 0 Å². The molecule has 0 aromatic heterocycles. The molecule has 0 amide bonds. The van der Waals surface area contributed by atoms with Crippen LogP contribution < -0.4 is 0 Å². The van der Waals surface area contributed by atoms with Crippen molar-refractivity contribution in [3.8, 4) is 0 Å². The van der Waals surface area contributed by atoms with Gasteiger partial charge in [0.2, 0.25) is 0 Å². The maximum Gasteiger partial charge on any atom is 0.123 e. The summed E-state index contributed by atoms with van der Waals surface area (Å²) < 4.78 is 12.6. The highest BCUT2D eigenvalue weighted by Crippen LogP contribution is 2.28. The van der Waals surface area contributed by atoms with Gasteiger partial charge in [-0.25, -0.2) is 4.39 Å². The van der Waals surface area contributed by atoms with Crippen molar-refractivity contribution < 1.29 is 4.39 Å². The van der Waals surface area contributed by atoms with Crippen molar-refractivity contribution in [3.05, 3.63) is 30.1 Å². The lowest BCUT2D eigenvalue weighted by Gasteiger charge is -2.20. The van der Waals surface area contributed by atoms with Crippen LogP contribution in [0.2, 0.25) is 0 Å². The molecule has 1 aromatic carbocycles. The summed E-state index contributed by atoms with van der Waals surface area (Å²) in [5, 5.41) is 0. The topological polar surface area (TPSA) is 0 Å². The highest BCUT2D eigenvalue weighted by atomic mass is 32.2. The smallest absolute Gasteiger partial charge is 0.123 e. The van der Waals surface area contributed by atoms with Gasteiger partial charge in [-0.3, -0.25) is 0 Å². The van der Waals surface area contributed by atoms with Crippen LogP contribution in [0.5, 0.6) is 0 Å². The molecule has 0 heterocycles. The maximum atomic E-state index is 12.6. The maximum absolute atomic E-state index is 12.6. The Kier molecular flexibility index (Phi) is 4.32. The molecular formula is C11H15FS2. The third kappa shape index (κ3) is 3.93. The first-order valence-electron chi connectivity index (χ1n) is 4.53. The molecule has 0 N–H and O–H groups in total. The first-order valence-corrected chi connectivity index (χ1v) is 6.14. The molecule has 0 spiro atoms. The second-order valence-electron chi connectivity index (χ2n) is 4.06. The molecule has 0 bridgehead atoms. The van der Waals surface area contributed by atoms with Crippen LogP contribution >= 0.6 is 24.4 Å². The van der Waals surface area contributed by atoms with E-state index in [1.807, 2.05) is 12.1 Å². The molecule has 0 radical (unpaired) electrons. The quantitative estimate of drug-likeness (QED) is 0.605. The van der Waals surface area contributed by atoms with Gasteiger partial charge in [0.15, 0.2) is 0 Å². The predicted octanol–water partition coefficient (Wildman–Crippen LogP) is 3.87. The summed E-state index contributed by atoms with van der Waals surface area (Å²) in [5.74, 6) is 1.69. The molecule has 1 aromatic rings. The van der Waals surface area contributed by atoms with E-state index in [2.05, 4.69) is 26.5 Å². The predicted molar refractivity (Wildman–Crippen MR) is 64.8 cm³/mol. The zero-order valence-corrected chi connectivity index (χ0v) is 10.2. The lowest BCUT2D eigenvalue weighted by atomic mass is 10.0. The van der Waals surface area contributed by atoms with E-state index in [0.717, 1.165) is 16.4 Å². The molecule has 0 saturated carbocycles. The number of benzene rings is 1. The highest BCUT2D eigenvalue weighted by molar-refractivity contribution is 7.99. The summed E-state index contributed by atoms with van der Waals surface area (Å²) in [6.45, 7) is 4.35. The number of thioether (sulfide) groups is 1. The Balaban J connectivity index is 2.50. The Hall–Kier alpha value is -0.150. The zero-order chi connectivity index (χ0) is 10.6. The second-order valence-corrected chi connectivity index (χ2v) is 5.43. The molecule has 0 saturated heterocycles. The standard InChI is InChI=1S/C11H15FS2/c1-11(2,7-13)8-14-10-5-3-9(12)4-6-10/h3-6,13H,7-8H2,1-2H3. The monoisotopic (exact) mass is 230 g/mol. The van der Waals surface area contributed by atoms with Crippen LogP contribution in [0.25, 0.3) is 0 Å². The number of hydrogen-bond donors (Lipinski definition) is 1. The molecule has 1 rings (SSSR count). The molecule has 0 aliphatic carbocycles. The summed E-state index contributed by atoms with van der Waals surface area (Å²) in [4.78, 5) is 1.11. The first kappa shape index (κ1) is 11.9. The summed E-state index contributed by atoms with van der Waals surface area (Å²) in [6, 6.07) is 6.62. The highest BCUT2D eigenvalue weighted by Gasteiger charge is 2.15. The van der Waals surface area contributed by atoms with Gasteiger partial charge in [0, 0.05) is 10.6 Å². The number of halogens is 1. The van der Waals surface area contributed by atoms with Crippen molar-refractivity contribution in [2.45, 2.75) is 18.7 Å². The van der Waals surface area contributed by atoms with Crippen LogP contribution in [-0.4, -0.2) is 11.5 Å². The van der Waals surface area contributed by atoms with Crippen LogP contribution in [0.4, 0.5) is 4.39 Å². The van der Waals surface area contributed by atoms with Gasteiger partial charge < -0.3 is 0 Å². The van der Waals surface area contributed by atoms with E-state index in [-0.39, 0.29) is 11.2 Å². The van der Waals surface area contributed by atoms with Gasteiger partial charge in [0.25, 0.3) is 0 Å². The lowest BCUT2D eigenvalue weighted by molar-refractivity contribution is 0.494. The molecule has 0 unspecified atom stereocenters. The minimum atomic E-state index is -0.178. The largest absolute Gasteiger partial charge is 0.207 e. The zero-order valence-electron chi connectivity index (χ0n) is 8.46. The fourth-order valence-electron chi connectivity index (χ4n) is 0.855. The van der Waals surface area contributed by atoms with Crippen LogP contribution in [-0.2, 0) is 0 Å². The number of hydrogen-bond acceptors (Lipinski definition) is 2. The van der Waals surface area contributed by atoms with E-state index in [1.54, 1.807) is 11.8 Å². The Labute approximate surface area is 94.7 Å². The van der Waals surface area contributed by atoms with Crippen molar-refractivity contribution >= 4 is 24.4 Å². The van der Waals surface area contributed by atoms with E-state index < -0.39 is 0 Å². The average Bonchev–Trinajstić information content (AvgIpc) is 2.17. The van der Waals surface area contributed by atoms with Crippen molar-refractivity contribution in [3.63, 3.8) is 0 Å². The summed E-state index contributed by atoms with van der Waals surface area (Å²) >= 11 is 6.04. The molecule has 0 aliphatic heterocycles. The molecule has 3 heteroatoms. The van der Waals surface area contributed by atoms with Gasteiger partial charge >= 0.3 is 0 Å². The van der Waals surface area contributed by atoms with E-state index in [9.17, 15) is 4.39 Å². The van der Waals surface area contributed by atoms with E-state index in [1.165, 1.54) is 12.1 Å². The van der Waals surface area contributed by atoms with Crippen molar-refractivity contribution in [2.75, 3.05) is 11.5 Å². The van der Waals surface area contributed by atoms with Crippen molar-refractivity contribution in [1.82, 2.24) is 0 Å². The number of thiol groups is 1. The van der Waals surface area contributed by atoms with Crippen LogP contribution in [0.15, 0.2) is 29.2 Å². The Bertz CT molecular complexity index is 280. The van der Waals surface area contributed by atoms with Gasteiger partial charge in [-0.15, -0.1) is 11.8 Å². The molecular weight excluding hydrogens is 215 g/mol. The van der Waals surface area contributed by atoms with Crippen LogP contribution in [0.3, 0.4) is 0 Å². The second kappa shape index (κ2) is 5.08. The van der Waals surface area contributed by atoms with Gasteiger partial charge in [-0.05, 0) is 35.4 Å². The van der Waals surface area contributed by atoms with E-state index in [4.69, 9.17) is 0 Å². The summed E-state index contributed by atoms with van der Waals surface area (Å²) in [5.41, 5.74) is 0.224. The Morgan fingerprint density at radius 1 is 1.29 bits per heavy atom. The van der Waals surface area contributed by atoms with Gasteiger partial charge in [-0.1, -0.05) is 13.8 Å². The molecule has 0 fully saturated rings. The van der Waals surface area contributed by atoms with Gasteiger partial charge in [0.05, 0.1) is 0 Å². The third-order valence-electron chi connectivity index (χ3n) is 1.87. The normalized spacial score (nSPS) is 11.7. The Morgan fingerprint density at radius 3 is 2.36 bits per heavy atom. The molecule has 0 nitrogen and oxygen atoms in total. The first-order chi connectivity index (χ1) is 6.53. The summed E-state index contributed by atoms with van der Waals surface area (Å²) in [6.07, 6.45) is 0. The van der Waals surface area contributed by atoms with Crippen molar-refractivity contribution in [2.24, 2.45) is 5.41 Å². The van der Waals surface area contributed by atoms with E-state index in [0.29, 0.717) is 0 Å². The fourth-order valence-corrected chi connectivity index (χ4v) is 2.11. The number of rotatable bonds is 4. The van der Waals surface area contributed by atoms with Gasteiger partial charge in [0.1, 0.15) is 5.82 Å². The molecule has 14 heavy (non-hydrogen) atoms. The van der Waals surface area contributed by atoms with Gasteiger partial charge in [-0.2, -0.15) is 12.6 Å².